The third-order valence-corrected chi connectivity index (χ3v) is 3.87. The van der Waals surface area contributed by atoms with Gasteiger partial charge < -0.3 is 4.74 Å². The second-order valence-electron chi connectivity index (χ2n) is 5.51. The number of esters is 1. The lowest BCUT2D eigenvalue weighted by molar-refractivity contribution is -0.124. The number of rotatable bonds is 2. The van der Waals surface area contributed by atoms with Crippen LogP contribution in [0.4, 0.5) is 0 Å². The van der Waals surface area contributed by atoms with E-state index in [9.17, 15) is 9.59 Å². The van der Waals surface area contributed by atoms with E-state index in [1.165, 1.54) is 6.92 Å². The molecule has 1 amide bonds. The van der Waals surface area contributed by atoms with Gasteiger partial charge in [-0.3, -0.25) is 19.3 Å². The summed E-state index contributed by atoms with van der Waals surface area (Å²) in [6, 6.07) is 5.86. The van der Waals surface area contributed by atoms with Crippen LogP contribution < -0.4 is 0 Å². The van der Waals surface area contributed by atoms with Crippen molar-refractivity contribution in [2.45, 2.75) is 20.8 Å². The molecule has 3 rings (SSSR count). The lowest BCUT2D eigenvalue weighted by Crippen LogP contribution is -2.36. The molecule has 0 unspecified atom stereocenters. The van der Waals surface area contributed by atoms with Crippen LogP contribution in [0.15, 0.2) is 29.4 Å². The van der Waals surface area contributed by atoms with Crippen molar-refractivity contribution >= 4 is 28.7 Å². The van der Waals surface area contributed by atoms with Gasteiger partial charge in [0, 0.05) is 25.1 Å². The first-order valence-corrected chi connectivity index (χ1v) is 7.64. The molecule has 6 nitrogen and oxygen atoms in total. The Balaban J connectivity index is 2.18. The summed E-state index contributed by atoms with van der Waals surface area (Å²) in [5.41, 5.74) is 2.38. The van der Waals surface area contributed by atoms with Gasteiger partial charge in [-0.2, -0.15) is 0 Å². The number of amides is 1. The van der Waals surface area contributed by atoms with Crippen LogP contribution in [0.1, 0.15) is 29.8 Å². The number of hydrogen-bond donors (Lipinski definition) is 0. The number of carbonyl (C=O) groups excluding carboxylic acids is 2. The van der Waals surface area contributed by atoms with Crippen LogP contribution in [0.5, 0.6) is 0 Å². The molecular formula is C17H19N3O3. The van der Waals surface area contributed by atoms with E-state index >= 15 is 0 Å². The molecule has 23 heavy (non-hydrogen) atoms. The van der Waals surface area contributed by atoms with Crippen LogP contribution >= 0.6 is 0 Å². The van der Waals surface area contributed by atoms with E-state index < -0.39 is 0 Å². The number of ether oxygens (including phenoxy) is 1. The Kier molecular flexibility index (Phi) is 3.90. The largest absolute Gasteiger partial charge is 0.462 e. The number of fused-ring (bicyclic) bond motifs is 1. The SMILES string of the molecule is CCOC(=O)c1cn(C2=NCCN2C(C)=O)c2ccc(C)cc12. The third-order valence-electron chi connectivity index (χ3n) is 3.87. The van der Waals surface area contributed by atoms with Gasteiger partial charge in [0.25, 0.3) is 0 Å². The van der Waals surface area contributed by atoms with Crippen molar-refractivity contribution in [3.8, 4) is 0 Å². The lowest BCUT2D eigenvalue weighted by Gasteiger charge is -2.17. The second-order valence-corrected chi connectivity index (χ2v) is 5.51. The first-order valence-electron chi connectivity index (χ1n) is 7.64. The van der Waals surface area contributed by atoms with Crippen molar-refractivity contribution in [3.63, 3.8) is 0 Å². The molecule has 6 heteroatoms. The summed E-state index contributed by atoms with van der Waals surface area (Å²) in [4.78, 5) is 30.1. The fourth-order valence-corrected chi connectivity index (χ4v) is 2.82. The molecule has 0 spiro atoms. The predicted octanol–water partition coefficient (Wildman–Crippen LogP) is 2.19. The second kappa shape index (κ2) is 5.87. The van der Waals surface area contributed by atoms with Gasteiger partial charge in [0.2, 0.25) is 11.9 Å². The number of aliphatic imine (C=N–C) groups is 1. The van der Waals surface area contributed by atoms with Crippen LogP contribution in [0.25, 0.3) is 10.9 Å². The van der Waals surface area contributed by atoms with Crippen molar-refractivity contribution in [1.82, 2.24) is 9.47 Å². The maximum absolute atomic E-state index is 12.3. The van der Waals surface area contributed by atoms with E-state index in [1.807, 2.05) is 25.1 Å². The molecular weight excluding hydrogens is 294 g/mol. The van der Waals surface area contributed by atoms with Crippen LogP contribution in [0.3, 0.4) is 0 Å². The number of aryl methyl sites for hydroxylation is 1. The number of hydrogen-bond acceptors (Lipinski definition) is 4. The minimum absolute atomic E-state index is 0.0621. The van der Waals surface area contributed by atoms with Gasteiger partial charge in [-0.25, -0.2) is 4.79 Å². The van der Waals surface area contributed by atoms with Gasteiger partial charge in [-0.15, -0.1) is 0 Å². The topological polar surface area (TPSA) is 63.9 Å². The van der Waals surface area contributed by atoms with Crippen molar-refractivity contribution in [2.75, 3.05) is 19.7 Å². The summed E-state index contributed by atoms with van der Waals surface area (Å²) in [7, 11) is 0. The number of carbonyl (C=O) groups is 2. The van der Waals surface area contributed by atoms with Crippen molar-refractivity contribution in [2.24, 2.45) is 4.99 Å². The van der Waals surface area contributed by atoms with Gasteiger partial charge in [0.05, 0.1) is 24.2 Å². The third kappa shape index (κ3) is 2.60. The van der Waals surface area contributed by atoms with Gasteiger partial charge in [-0.05, 0) is 26.0 Å². The Hall–Kier alpha value is -2.63. The van der Waals surface area contributed by atoms with Crippen molar-refractivity contribution < 1.29 is 14.3 Å². The molecule has 0 atom stereocenters. The van der Waals surface area contributed by atoms with E-state index in [-0.39, 0.29) is 11.9 Å². The van der Waals surface area contributed by atoms with Crippen LogP contribution in [-0.2, 0) is 9.53 Å². The molecule has 0 bridgehead atoms. The molecule has 0 N–H and O–H groups in total. The Bertz CT molecular complexity index is 820. The number of nitrogens with zero attached hydrogens (tertiary/aromatic N) is 3. The predicted molar refractivity (Wildman–Crippen MR) is 87.7 cm³/mol. The summed E-state index contributed by atoms with van der Waals surface area (Å²) < 4.78 is 6.95. The molecule has 120 valence electrons. The Morgan fingerprint density at radius 2 is 2.13 bits per heavy atom. The zero-order chi connectivity index (χ0) is 16.6. The molecule has 1 aliphatic rings. The van der Waals surface area contributed by atoms with E-state index in [0.717, 1.165) is 16.5 Å². The zero-order valence-corrected chi connectivity index (χ0v) is 13.5. The highest BCUT2D eigenvalue weighted by Gasteiger charge is 2.26. The smallest absolute Gasteiger partial charge is 0.340 e. The summed E-state index contributed by atoms with van der Waals surface area (Å²) in [5.74, 6) is 0.129. The summed E-state index contributed by atoms with van der Waals surface area (Å²) in [5, 5.41) is 0.807. The normalized spacial score (nSPS) is 14.2. The molecule has 0 radical (unpaired) electrons. The highest BCUT2D eigenvalue weighted by atomic mass is 16.5. The maximum atomic E-state index is 12.3. The van der Waals surface area contributed by atoms with E-state index in [1.54, 1.807) is 22.6 Å². The monoisotopic (exact) mass is 313 g/mol. The first-order chi connectivity index (χ1) is 11.0. The van der Waals surface area contributed by atoms with Crippen molar-refractivity contribution in [3.05, 3.63) is 35.5 Å². The zero-order valence-electron chi connectivity index (χ0n) is 13.5. The molecule has 0 saturated carbocycles. The van der Waals surface area contributed by atoms with Gasteiger partial charge in [-0.1, -0.05) is 11.6 Å². The average molecular weight is 313 g/mol. The fourth-order valence-electron chi connectivity index (χ4n) is 2.82. The fraction of sp³-hybridized carbons (Fsp3) is 0.353. The standard InChI is InChI=1S/C17H19N3O3/c1-4-23-16(22)14-10-20(15-6-5-11(2)9-13(14)15)17-18-7-8-19(17)12(3)21/h5-6,9-10H,4,7-8H2,1-3H3. The molecule has 0 fully saturated rings. The molecule has 2 aromatic rings. The Labute approximate surface area is 134 Å². The average Bonchev–Trinajstić information content (AvgIpc) is 3.10. The molecule has 1 aromatic heterocycles. The minimum atomic E-state index is -0.366. The van der Waals surface area contributed by atoms with Crippen molar-refractivity contribution in [1.29, 1.82) is 0 Å². The molecule has 0 aliphatic carbocycles. The lowest BCUT2D eigenvalue weighted by atomic mass is 10.1. The molecule has 2 heterocycles. The quantitative estimate of drug-likeness (QED) is 0.798. The first kappa shape index (κ1) is 15.3. The molecule has 1 aromatic carbocycles. The van der Waals surface area contributed by atoms with Gasteiger partial charge >= 0.3 is 5.97 Å². The van der Waals surface area contributed by atoms with E-state index in [0.29, 0.717) is 31.2 Å². The highest BCUT2D eigenvalue weighted by molar-refractivity contribution is 6.09. The maximum Gasteiger partial charge on any atom is 0.340 e. The van der Waals surface area contributed by atoms with E-state index in [2.05, 4.69) is 4.99 Å². The van der Waals surface area contributed by atoms with E-state index in [4.69, 9.17) is 4.74 Å². The number of aromatic nitrogens is 1. The minimum Gasteiger partial charge on any atom is -0.462 e. The van der Waals surface area contributed by atoms with Crippen LogP contribution in [0.2, 0.25) is 0 Å². The van der Waals surface area contributed by atoms with Gasteiger partial charge in [0.1, 0.15) is 0 Å². The molecule has 0 saturated heterocycles. The Morgan fingerprint density at radius 3 is 2.83 bits per heavy atom. The Morgan fingerprint density at radius 1 is 1.35 bits per heavy atom. The highest BCUT2D eigenvalue weighted by Crippen LogP contribution is 2.25. The van der Waals surface area contributed by atoms with Gasteiger partial charge in [0.15, 0.2) is 0 Å². The van der Waals surface area contributed by atoms with Crippen LogP contribution in [0, 0.1) is 6.92 Å². The summed E-state index contributed by atoms with van der Waals surface area (Å²) in [6.07, 6.45) is 1.71. The van der Waals surface area contributed by atoms with Crippen LogP contribution in [-0.4, -0.2) is 47.0 Å². The summed E-state index contributed by atoms with van der Waals surface area (Å²) in [6.45, 7) is 6.71. The molecule has 1 aliphatic heterocycles. The summed E-state index contributed by atoms with van der Waals surface area (Å²) >= 11 is 0. The number of benzene rings is 1.